The summed E-state index contributed by atoms with van der Waals surface area (Å²) >= 11 is -0.216. The molecule has 2 aromatic rings. The van der Waals surface area contributed by atoms with E-state index in [9.17, 15) is 18.0 Å². The van der Waals surface area contributed by atoms with Gasteiger partial charge in [-0.3, -0.25) is 0 Å². The number of amides is 2. The Bertz CT molecular complexity index is 736. The first-order valence-electron chi connectivity index (χ1n) is 6.96. The second-order valence-corrected chi connectivity index (χ2v) is 5.86. The molecular formula is C16H15F3N2O3S. The summed E-state index contributed by atoms with van der Waals surface area (Å²) in [6.45, 7) is 0. The van der Waals surface area contributed by atoms with E-state index in [2.05, 4.69) is 10.6 Å². The zero-order chi connectivity index (χ0) is 18.4. The molecule has 134 valence electrons. The number of hydrogen-bond acceptors (Lipinski definition) is 4. The lowest BCUT2D eigenvalue weighted by atomic mass is 10.2. The van der Waals surface area contributed by atoms with E-state index >= 15 is 0 Å². The van der Waals surface area contributed by atoms with Crippen LogP contribution in [0, 0.1) is 0 Å². The molecule has 0 fully saturated rings. The number of carbonyl (C=O) groups excluding carboxylic acids is 1. The summed E-state index contributed by atoms with van der Waals surface area (Å²) in [4.78, 5) is 12.0. The summed E-state index contributed by atoms with van der Waals surface area (Å²) in [5, 5.41) is 5.13. The average Bonchev–Trinajstić information content (AvgIpc) is 2.55. The van der Waals surface area contributed by atoms with Crippen LogP contribution in [-0.2, 0) is 0 Å². The van der Waals surface area contributed by atoms with E-state index in [0.717, 1.165) is 0 Å². The Morgan fingerprint density at radius 1 is 0.920 bits per heavy atom. The molecule has 2 amide bonds. The number of thioether (sulfide) groups is 1. The number of carbonyl (C=O) groups is 1. The van der Waals surface area contributed by atoms with Gasteiger partial charge in [-0.25, -0.2) is 4.79 Å². The Balaban J connectivity index is 1.98. The molecular weight excluding hydrogens is 357 g/mol. The van der Waals surface area contributed by atoms with Gasteiger partial charge in [0, 0.05) is 22.3 Å². The lowest BCUT2D eigenvalue weighted by Crippen LogP contribution is -2.19. The van der Waals surface area contributed by atoms with Crippen molar-refractivity contribution in [2.45, 2.75) is 10.4 Å². The number of rotatable bonds is 5. The monoisotopic (exact) mass is 372 g/mol. The quantitative estimate of drug-likeness (QED) is 0.729. The number of urea groups is 1. The second kappa shape index (κ2) is 8.02. The highest BCUT2D eigenvalue weighted by molar-refractivity contribution is 8.00. The van der Waals surface area contributed by atoms with Crippen molar-refractivity contribution in [1.29, 1.82) is 0 Å². The van der Waals surface area contributed by atoms with Gasteiger partial charge in [-0.05, 0) is 48.2 Å². The van der Waals surface area contributed by atoms with Crippen LogP contribution in [-0.4, -0.2) is 25.8 Å². The van der Waals surface area contributed by atoms with Crippen molar-refractivity contribution in [3.8, 4) is 11.5 Å². The van der Waals surface area contributed by atoms with Crippen molar-refractivity contribution in [2.75, 3.05) is 24.9 Å². The molecule has 0 heterocycles. The van der Waals surface area contributed by atoms with E-state index in [1.54, 1.807) is 18.2 Å². The highest BCUT2D eigenvalue weighted by atomic mass is 32.2. The molecule has 5 nitrogen and oxygen atoms in total. The van der Waals surface area contributed by atoms with Gasteiger partial charge >= 0.3 is 11.5 Å². The van der Waals surface area contributed by atoms with Gasteiger partial charge in [0.25, 0.3) is 0 Å². The molecule has 0 aliphatic heterocycles. The highest BCUT2D eigenvalue weighted by Crippen LogP contribution is 2.37. The summed E-state index contributed by atoms with van der Waals surface area (Å²) in [6, 6.07) is 9.66. The molecule has 0 aliphatic carbocycles. The van der Waals surface area contributed by atoms with Gasteiger partial charge in [0.1, 0.15) is 0 Å². The lowest BCUT2D eigenvalue weighted by Gasteiger charge is -2.11. The smallest absolute Gasteiger partial charge is 0.446 e. The molecule has 0 atom stereocenters. The van der Waals surface area contributed by atoms with Crippen molar-refractivity contribution in [3.63, 3.8) is 0 Å². The topological polar surface area (TPSA) is 59.6 Å². The molecule has 0 saturated heterocycles. The maximum absolute atomic E-state index is 12.3. The standard InChI is InChI=1S/C16H15F3N2O3S/c1-23-13-8-5-11(9-14(13)24-2)21-15(22)20-10-3-6-12(7-4-10)25-16(17,18)19/h3-9H,1-2H3,(H2,20,21,22). The Morgan fingerprint density at radius 3 is 2.04 bits per heavy atom. The summed E-state index contributed by atoms with van der Waals surface area (Å²) in [6.07, 6.45) is 0. The van der Waals surface area contributed by atoms with Gasteiger partial charge in [0.15, 0.2) is 11.5 Å². The molecule has 9 heteroatoms. The fourth-order valence-electron chi connectivity index (χ4n) is 1.95. The first-order chi connectivity index (χ1) is 11.8. The van der Waals surface area contributed by atoms with E-state index in [1.807, 2.05) is 0 Å². The molecule has 2 aromatic carbocycles. The summed E-state index contributed by atoms with van der Waals surface area (Å²) in [5.74, 6) is 0.972. The van der Waals surface area contributed by atoms with E-state index in [1.165, 1.54) is 38.5 Å². The van der Waals surface area contributed by atoms with Crippen molar-refractivity contribution in [2.24, 2.45) is 0 Å². The van der Waals surface area contributed by atoms with Gasteiger partial charge in [0.05, 0.1) is 14.2 Å². The van der Waals surface area contributed by atoms with Crippen molar-refractivity contribution in [1.82, 2.24) is 0 Å². The molecule has 0 saturated carbocycles. The van der Waals surface area contributed by atoms with Crippen molar-refractivity contribution < 1.29 is 27.4 Å². The number of hydrogen-bond donors (Lipinski definition) is 2. The predicted molar refractivity (Wildman–Crippen MR) is 90.5 cm³/mol. The van der Waals surface area contributed by atoms with Crippen LogP contribution in [0.15, 0.2) is 47.4 Å². The minimum Gasteiger partial charge on any atom is -0.493 e. The zero-order valence-electron chi connectivity index (χ0n) is 13.3. The molecule has 0 unspecified atom stereocenters. The predicted octanol–water partition coefficient (Wildman–Crippen LogP) is 4.96. The summed E-state index contributed by atoms with van der Waals surface area (Å²) < 4.78 is 47.1. The SMILES string of the molecule is COc1ccc(NC(=O)Nc2ccc(SC(F)(F)F)cc2)cc1OC. The van der Waals surface area contributed by atoms with E-state index in [-0.39, 0.29) is 16.7 Å². The maximum Gasteiger partial charge on any atom is 0.446 e. The number of nitrogens with one attached hydrogen (secondary N) is 2. The first kappa shape index (κ1) is 18.8. The van der Waals surface area contributed by atoms with Crippen LogP contribution in [0.3, 0.4) is 0 Å². The van der Waals surface area contributed by atoms with Gasteiger partial charge in [0.2, 0.25) is 0 Å². The fraction of sp³-hybridized carbons (Fsp3) is 0.188. The molecule has 2 N–H and O–H groups in total. The van der Waals surface area contributed by atoms with E-state index < -0.39 is 11.5 Å². The number of anilines is 2. The molecule has 0 bridgehead atoms. The molecule has 0 spiro atoms. The molecule has 2 rings (SSSR count). The van der Waals surface area contributed by atoms with Crippen molar-refractivity contribution in [3.05, 3.63) is 42.5 Å². The number of halogens is 3. The Kier molecular flexibility index (Phi) is 6.02. The fourth-order valence-corrected chi connectivity index (χ4v) is 2.49. The van der Waals surface area contributed by atoms with Crippen LogP contribution in [0.25, 0.3) is 0 Å². The maximum atomic E-state index is 12.3. The second-order valence-electron chi connectivity index (χ2n) is 4.72. The van der Waals surface area contributed by atoms with Crippen LogP contribution in [0.4, 0.5) is 29.3 Å². The summed E-state index contributed by atoms with van der Waals surface area (Å²) in [5.41, 5.74) is -3.51. The zero-order valence-corrected chi connectivity index (χ0v) is 14.1. The Hall–Kier alpha value is -2.55. The Morgan fingerprint density at radius 2 is 1.48 bits per heavy atom. The average molecular weight is 372 g/mol. The van der Waals surface area contributed by atoms with Crippen LogP contribution in [0.5, 0.6) is 11.5 Å². The van der Waals surface area contributed by atoms with Crippen molar-refractivity contribution >= 4 is 29.2 Å². The van der Waals surface area contributed by atoms with E-state index in [4.69, 9.17) is 9.47 Å². The normalized spacial score (nSPS) is 10.9. The molecule has 0 radical (unpaired) electrons. The number of benzene rings is 2. The third kappa shape index (κ3) is 5.79. The number of ether oxygens (including phenoxy) is 2. The number of methoxy groups -OCH3 is 2. The first-order valence-corrected chi connectivity index (χ1v) is 7.78. The van der Waals surface area contributed by atoms with Crippen LogP contribution in [0.1, 0.15) is 0 Å². The molecule has 0 aromatic heterocycles. The van der Waals surface area contributed by atoms with Gasteiger partial charge < -0.3 is 20.1 Å². The van der Waals surface area contributed by atoms with E-state index in [0.29, 0.717) is 22.9 Å². The minimum absolute atomic E-state index is 0.0401. The van der Waals surface area contributed by atoms with Crippen LogP contribution < -0.4 is 20.1 Å². The van der Waals surface area contributed by atoms with Gasteiger partial charge in [-0.15, -0.1) is 0 Å². The largest absolute Gasteiger partial charge is 0.493 e. The molecule has 0 aliphatic rings. The summed E-state index contributed by atoms with van der Waals surface area (Å²) in [7, 11) is 2.97. The Labute approximate surface area is 146 Å². The highest BCUT2D eigenvalue weighted by Gasteiger charge is 2.29. The molecule has 25 heavy (non-hydrogen) atoms. The van der Waals surface area contributed by atoms with Crippen LogP contribution >= 0.6 is 11.8 Å². The van der Waals surface area contributed by atoms with Gasteiger partial charge in [-0.2, -0.15) is 13.2 Å². The number of alkyl halides is 3. The third-order valence-electron chi connectivity index (χ3n) is 2.99. The van der Waals surface area contributed by atoms with Gasteiger partial charge in [-0.1, -0.05) is 0 Å². The third-order valence-corrected chi connectivity index (χ3v) is 3.73. The minimum atomic E-state index is -4.35. The lowest BCUT2D eigenvalue weighted by molar-refractivity contribution is -0.0328. The van der Waals surface area contributed by atoms with Crippen LogP contribution in [0.2, 0.25) is 0 Å².